The molecule has 2 aromatic rings. The highest BCUT2D eigenvalue weighted by atomic mass is 32.1. The Kier molecular flexibility index (Phi) is 6.00. The van der Waals surface area contributed by atoms with Crippen LogP contribution < -0.4 is 10.6 Å². The van der Waals surface area contributed by atoms with E-state index in [1.165, 1.54) is 4.88 Å². The minimum absolute atomic E-state index is 0.202. The van der Waals surface area contributed by atoms with Gasteiger partial charge in [0, 0.05) is 29.8 Å². The molecule has 0 aliphatic carbocycles. The zero-order valence-corrected chi connectivity index (χ0v) is 14.3. The predicted molar refractivity (Wildman–Crippen MR) is 88.1 cm³/mol. The molecule has 2 N–H and O–H groups in total. The Labute approximate surface area is 140 Å². The molecule has 0 fully saturated rings. The van der Waals surface area contributed by atoms with Crippen molar-refractivity contribution in [2.24, 2.45) is 4.99 Å². The third kappa shape index (κ3) is 5.21. The molecule has 9 heteroatoms. The molecule has 0 amide bonds. The van der Waals surface area contributed by atoms with Crippen molar-refractivity contribution in [2.75, 3.05) is 13.6 Å². The Bertz CT molecular complexity index is 635. The summed E-state index contributed by atoms with van der Waals surface area (Å²) in [7, 11) is 1.62. The second-order valence-corrected chi connectivity index (χ2v) is 6.77. The minimum Gasteiger partial charge on any atom is -0.356 e. The molecule has 0 aromatic carbocycles. The molecule has 2 rings (SSSR count). The Morgan fingerprint density at radius 2 is 2.13 bits per heavy atom. The third-order valence-electron chi connectivity index (χ3n) is 3.08. The van der Waals surface area contributed by atoms with E-state index in [-0.39, 0.29) is 6.54 Å². The molecule has 4 nitrogen and oxygen atoms in total. The SMILES string of the molecule is CN=C(NCc1nc(C(F)(F)F)cs1)NCC(C)c1cccs1. The lowest BCUT2D eigenvalue weighted by atomic mass is 10.1. The summed E-state index contributed by atoms with van der Waals surface area (Å²) in [5, 5.41) is 9.55. The van der Waals surface area contributed by atoms with E-state index in [4.69, 9.17) is 0 Å². The Hall–Kier alpha value is -1.61. The van der Waals surface area contributed by atoms with E-state index in [0.717, 1.165) is 16.7 Å². The molecular formula is C14H17F3N4S2. The van der Waals surface area contributed by atoms with Crippen LogP contribution >= 0.6 is 22.7 Å². The number of rotatable bonds is 5. The lowest BCUT2D eigenvalue weighted by Crippen LogP contribution is -2.38. The Morgan fingerprint density at radius 3 is 2.70 bits per heavy atom. The molecule has 2 aromatic heterocycles. The molecular weight excluding hydrogens is 345 g/mol. The van der Waals surface area contributed by atoms with Crippen molar-refractivity contribution in [3.05, 3.63) is 38.5 Å². The molecule has 23 heavy (non-hydrogen) atoms. The van der Waals surface area contributed by atoms with Gasteiger partial charge in [0.1, 0.15) is 5.01 Å². The molecule has 126 valence electrons. The number of nitrogens with zero attached hydrogens (tertiary/aromatic N) is 2. The summed E-state index contributed by atoms with van der Waals surface area (Å²) in [5.74, 6) is 0.863. The van der Waals surface area contributed by atoms with Crippen LogP contribution in [0.1, 0.15) is 28.4 Å². The summed E-state index contributed by atoms with van der Waals surface area (Å²) >= 11 is 2.67. The van der Waals surface area contributed by atoms with Gasteiger partial charge in [-0.3, -0.25) is 4.99 Å². The van der Waals surface area contributed by atoms with Crippen LogP contribution in [0.15, 0.2) is 27.9 Å². The number of nitrogens with one attached hydrogen (secondary N) is 2. The van der Waals surface area contributed by atoms with Crippen LogP contribution in [0, 0.1) is 0 Å². The number of guanidine groups is 1. The summed E-state index contributed by atoms with van der Waals surface area (Å²) in [4.78, 5) is 8.90. The molecule has 0 spiro atoms. The first-order valence-corrected chi connectivity index (χ1v) is 8.65. The van der Waals surface area contributed by atoms with Crippen LogP contribution in [0.2, 0.25) is 0 Å². The lowest BCUT2D eigenvalue weighted by molar-refractivity contribution is -0.140. The minimum atomic E-state index is -4.40. The molecule has 1 atom stereocenters. The molecule has 0 bridgehead atoms. The largest absolute Gasteiger partial charge is 0.434 e. The first kappa shape index (κ1) is 17.7. The Morgan fingerprint density at radius 1 is 1.35 bits per heavy atom. The molecule has 0 saturated carbocycles. The number of aromatic nitrogens is 1. The van der Waals surface area contributed by atoms with Gasteiger partial charge in [-0.1, -0.05) is 13.0 Å². The van der Waals surface area contributed by atoms with Crippen molar-refractivity contribution in [2.45, 2.75) is 25.6 Å². The average Bonchev–Trinajstić information content (AvgIpc) is 3.18. The Balaban J connectivity index is 1.82. The number of halogens is 3. The summed E-state index contributed by atoms with van der Waals surface area (Å²) in [5.41, 5.74) is -0.853. The number of hydrogen-bond acceptors (Lipinski definition) is 4. The lowest BCUT2D eigenvalue weighted by Gasteiger charge is -2.14. The van der Waals surface area contributed by atoms with Crippen molar-refractivity contribution < 1.29 is 13.2 Å². The van der Waals surface area contributed by atoms with Crippen molar-refractivity contribution in [3.8, 4) is 0 Å². The molecule has 0 aliphatic rings. The van der Waals surface area contributed by atoms with Gasteiger partial charge < -0.3 is 10.6 Å². The van der Waals surface area contributed by atoms with E-state index in [1.807, 2.05) is 11.4 Å². The van der Waals surface area contributed by atoms with Crippen LogP contribution in [0.25, 0.3) is 0 Å². The number of alkyl halides is 3. The molecule has 1 unspecified atom stereocenters. The number of thiazole rings is 1. The van der Waals surface area contributed by atoms with Gasteiger partial charge in [0.2, 0.25) is 0 Å². The quantitative estimate of drug-likeness (QED) is 0.630. The summed E-state index contributed by atoms with van der Waals surface area (Å²) in [6, 6.07) is 4.08. The molecule has 0 aliphatic heterocycles. The fourth-order valence-electron chi connectivity index (χ4n) is 1.82. The van der Waals surface area contributed by atoms with Crippen LogP contribution in [0.5, 0.6) is 0 Å². The van der Waals surface area contributed by atoms with Crippen molar-refractivity contribution in [3.63, 3.8) is 0 Å². The third-order valence-corrected chi connectivity index (χ3v) is 5.03. The van der Waals surface area contributed by atoms with E-state index in [9.17, 15) is 13.2 Å². The van der Waals surface area contributed by atoms with Crippen molar-refractivity contribution in [1.82, 2.24) is 15.6 Å². The monoisotopic (exact) mass is 362 g/mol. The molecule has 2 heterocycles. The van der Waals surface area contributed by atoms with E-state index < -0.39 is 11.9 Å². The fraction of sp³-hybridized carbons (Fsp3) is 0.429. The maximum Gasteiger partial charge on any atom is 0.434 e. The second-order valence-electron chi connectivity index (χ2n) is 4.85. The maximum atomic E-state index is 12.5. The number of aliphatic imine (C=N–C) groups is 1. The topological polar surface area (TPSA) is 49.3 Å². The number of thiophene rings is 1. The van der Waals surface area contributed by atoms with Gasteiger partial charge in [-0.2, -0.15) is 13.2 Å². The smallest absolute Gasteiger partial charge is 0.356 e. The fourth-order valence-corrected chi connectivity index (χ4v) is 3.35. The van der Waals surface area contributed by atoms with Crippen LogP contribution in [0.4, 0.5) is 13.2 Å². The highest BCUT2D eigenvalue weighted by Crippen LogP contribution is 2.29. The van der Waals surface area contributed by atoms with Crippen LogP contribution in [0.3, 0.4) is 0 Å². The summed E-state index contributed by atoms with van der Waals surface area (Å²) in [6.45, 7) is 2.99. The first-order chi connectivity index (χ1) is 10.9. The van der Waals surface area contributed by atoms with Gasteiger partial charge in [0.25, 0.3) is 0 Å². The van der Waals surface area contributed by atoms with E-state index in [1.54, 1.807) is 18.4 Å². The van der Waals surface area contributed by atoms with Gasteiger partial charge in [-0.15, -0.1) is 22.7 Å². The molecule has 0 radical (unpaired) electrons. The van der Waals surface area contributed by atoms with Crippen molar-refractivity contribution >= 4 is 28.6 Å². The normalized spacial score (nSPS) is 13.9. The van der Waals surface area contributed by atoms with Crippen molar-refractivity contribution in [1.29, 1.82) is 0 Å². The van der Waals surface area contributed by atoms with Crippen LogP contribution in [-0.4, -0.2) is 24.5 Å². The number of hydrogen-bond donors (Lipinski definition) is 2. The maximum absolute atomic E-state index is 12.5. The highest BCUT2D eigenvalue weighted by molar-refractivity contribution is 7.10. The summed E-state index contributed by atoms with van der Waals surface area (Å²) in [6.07, 6.45) is -4.40. The van der Waals surface area contributed by atoms with Gasteiger partial charge in [-0.25, -0.2) is 4.98 Å². The van der Waals surface area contributed by atoms with Gasteiger partial charge in [0.15, 0.2) is 11.7 Å². The van der Waals surface area contributed by atoms with Gasteiger partial charge >= 0.3 is 6.18 Å². The van der Waals surface area contributed by atoms with Gasteiger partial charge in [0.05, 0.1) is 6.54 Å². The standard InChI is InChI=1S/C14H17F3N4S2/c1-9(10-4-3-5-22-10)6-19-13(18-2)20-7-12-21-11(8-23-12)14(15,16)17/h3-5,8-9H,6-7H2,1-2H3,(H2,18,19,20). The highest BCUT2D eigenvalue weighted by Gasteiger charge is 2.33. The zero-order valence-electron chi connectivity index (χ0n) is 12.6. The first-order valence-electron chi connectivity index (χ1n) is 6.89. The zero-order chi connectivity index (χ0) is 16.9. The second kappa shape index (κ2) is 7.78. The average molecular weight is 362 g/mol. The van der Waals surface area contributed by atoms with E-state index in [2.05, 4.69) is 33.6 Å². The summed E-state index contributed by atoms with van der Waals surface area (Å²) < 4.78 is 37.5. The van der Waals surface area contributed by atoms with E-state index >= 15 is 0 Å². The van der Waals surface area contributed by atoms with Gasteiger partial charge in [-0.05, 0) is 11.4 Å². The van der Waals surface area contributed by atoms with E-state index in [0.29, 0.717) is 23.4 Å². The molecule has 0 saturated heterocycles. The predicted octanol–water partition coefficient (Wildman–Crippen LogP) is 3.69. The van der Waals surface area contributed by atoms with Crippen LogP contribution in [-0.2, 0) is 12.7 Å².